The van der Waals surface area contributed by atoms with E-state index >= 15 is 0 Å². The maximum Gasteiger partial charge on any atom is 0.124 e. The SMILES string of the molecule is C=C=COCCCN1CCCCC1. The lowest BCUT2D eigenvalue weighted by molar-refractivity contribution is 0.187. The standard InChI is InChI=1S/C11H19NO/c1-2-10-13-11-6-9-12-7-4-3-5-8-12/h10H,1,3-9,11H2. The number of hydrogen-bond donors (Lipinski definition) is 0. The Morgan fingerprint density at radius 2 is 2.08 bits per heavy atom. The predicted octanol–water partition coefficient (Wildman–Crippen LogP) is 2.18. The van der Waals surface area contributed by atoms with Gasteiger partial charge in [-0.05, 0) is 32.4 Å². The Kier molecular flexibility index (Phi) is 5.39. The van der Waals surface area contributed by atoms with Crippen LogP contribution in [0.25, 0.3) is 0 Å². The third-order valence-electron chi connectivity index (χ3n) is 2.35. The maximum atomic E-state index is 5.15. The molecule has 1 aliphatic heterocycles. The van der Waals surface area contributed by atoms with E-state index in [1.165, 1.54) is 45.2 Å². The van der Waals surface area contributed by atoms with Gasteiger partial charge in [-0.15, -0.1) is 0 Å². The molecule has 0 aliphatic carbocycles. The molecule has 0 spiro atoms. The Bertz CT molecular complexity index is 167. The number of piperidine rings is 1. The summed E-state index contributed by atoms with van der Waals surface area (Å²) in [6, 6.07) is 0. The van der Waals surface area contributed by atoms with Gasteiger partial charge in [0.1, 0.15) is 6.26 Å². The minimum Gasteiger partial charge on any atom is -0.493 e. The van der Waals surface area contributed by atoms with Gasteiger partial charge in [-0.25, -0.2) is 0 Å². The van der Waals surface area contributed by atoms with Crippen LogP contribution in [0.3, 0.4) is 0 Å². The molecule has 1 heterocycles. The lowest BCUT2D eigenvalue weighted by Crippen LogP contribution is -2.31. The van der Waals surface area contributed by atoms with E-state index in [1.54, 1.807) is 0 Å². The average molecular weight is 181 g/mol. The molecule has 1 fully saturated rings. The Hall–Kier alpha value is -0.720. The predicted molar refractivity (Wildman–Crippen MR) is 54.6 cm³/mol. The van der Waals surface area contributed by atoms with E-state index < -0.39 is 0 Å². The van der Waals surface area contributed by atoms with Crippen molar-refractivity contribution >= 4 is 0 Å². The van der Waals surface area contributed by atoms with Gasteiger partial charge in [0.05, 0.1) is 6.61 Å². The fourth-order valence-corrected chi connectivity index (χ4v) is 1.67. The van der Waals surface area contributed by atoms with Crippen LogP contribution in [0.4, 0.5) is 0 Å². The Morgan fingerprint density at radius 1 is 1.31 bits per heavy atom. The van der Waals surface area contributed by atoms with Crippen LogP contribution in [0.2, 0.25) is 0 Å². The average Bonchev–Trinajstić information content (AvgIpc) is 2.19. The zero-order chi connectivity index (χ0) is 9.36. The van der Waals surface area contributed by atoms with E-state index in [0.717, 1.165) is 13.0 Å². The van der Waals surface area contributed by atoms with Gasteiger partial charge in [0, 0.05) is 6.54 Å². The van der Waals surface area contributed by atoms with Crippen LogP contribution < -0.4 is 0 Å². The van der Waals surface area contributed by atoms with Crippen molar-refractivity contribution in [3.63, 3.8) is 0 Å². The summed E-state index contributed by atoms with van der Waals surface area (Å²) in [4.78, 5) is 2.52. The van der Waals surface area contributed by atoms with Crippen LogP contribution in [0.1, 0.15) is 25.7 Å². The Balaban J connectivity index is 1.94. The number of nitrogens with zero attached hydrogens (tertiary/aromatic N) is 1. The summed E-state index contributed by atoms with van der Waals surface area (Å²) >= 11 is 0. The zero-order valence-corrected chi connectivity index (χ0v) is 8.30. The molecule has 13 heavy (non-hydrogen) atoms. The van der Waals surface area contributed by atoms with Gasteiger partial charge in [-0.2, -0.15) is 0 Å². The molecule has 2 heteroatoms. The molecular formula is C11H19NO. The van der Waals surface area contributed by atoms with Crippen LogP contribution >= 0.6 is 0 Å². The number of ether oxygens (including phenoxy) is 1. The second-order valence-electron chi connectivity index (χ2n) is 3.45. The van der Waals surface area contributed by atoms with Crippen molar-refractivity contribution < 1.29 is 4.74 Å². The van der Waals surface area contributed by atoms with Crippen LogP contribution in [-0.4, -0.2) is 31.1 Å². The molecule has 0 N–H and O–H groups in total. The van der Waals surface area contributed by atoms with Gasteiger partial charge in [-0.1, -0.05) is 18.7 Å². The molecular weight excluding hydrogens is 162 g/mol. The van der Waals surface area contributed by atoms with E-state index in [4.69, 9.17) is 4.74 Å². The summed E-state index contributed by atoms with van der Waals surface area (Å²) in [6.07, 6.45) is 6.79. The van der Waals surface area contributed by atoms with Crippen molar-refractivity contribution in [2.75, 3.05) is 26.2 Å². The monoisotopic (exact) mass is 181 g/mol. The summed E-state index contributed by atoms with van der Waals surface area (Å²) in [5, 5.41) is 0. The second-order valence-corrected chi connectivity index (χ2v) is 3.45. The molecule has 0 amide bonds. The first-order valence-electron chi connectivity index (χ1n) is 5.12. The fraction of sp³-hybridized carbons (Fsp3) is 0.727. The number of likely N-dealkylation sites (tertiary alicyclic amines) is 1. The summed E-state index contributed by atoms with van der Waals surface area (Å²) in [6.45, 7) is 7.94. The molecule has 74 valence electrons. The van der Waals surface area contributed by atoms with E-state index in [2.05, 4.69) is 17.2 Å². The third-order valence-corrected chi connectivity index (χ3v) is 2.35. The van der Waals surface area contributed by atoms with E-state index in [1.807, 2.05) is 0 Å². The van der Waals surface area contributed by atoms with Crippen LogP contribution in [-0.2, 0) is 4.74 Å². The highest BCUT2D eigenvalue weighted by atomic mass is 16.5. The molecule has 1 rings (SSSR count). The molecule has 0 unspecified atom stereocenters. The maximum absolute atomic E-state index is 5.15. The molecule has 0 atom stereocenters. The number of hydrogen-bond acceptors (Lipinski definition) is 2. The lowest BCUT2D eigenvalue weighted by atomic mass is 10.1. The molecule has 0 radical (unpaired) electrons. The van der Waals surface area contributed by atoms with Crippen molar-refractivity contribution in [1.82, 2.24) is 4.90 Å². The Labute approximate surface area is 80.9 Å². The first kappa shape index (κ1) is 10.4. The molecule has 0 aromatic heterocycles. The van der Waals surface area contributed by atoms with Gasteiger partial charge >= 0.3 is 0 Å². The first-order chi connectivity index (χ1) is 6.43. The van der Waals surface area contributed by atoms with Crippen LogP contribution in [0.15, 0.2) is 18.6 Å². The first-order valence-corrected chi connectivity index (χ1v) is 5.12. The summed E-state index contributed by atoms with van der Waals surface area (Å²) in [5.41, 5.74) is 2.60. The van der Waals surface area contributed by atoms with Gasteiger partial charge < -0.3 is 9.64 Å². The minimum absolute atomic E-state index is 0.791. The van der Waals surface area contributed by atoms with Crippen molar-refractivity contribution in [2.45, 2.75) is 25.7 Å². The van der Waals surface area contributed by atoms with Gasteiger partial charge in [0.15, 0.2) is 0 Å². The van der Waals surface area contributed by atoms with Gasteiger partial charge in [0.25, 0.3) is 0 Å². The highest BCUT2D eigenvalue weighted by Crippen LogP contribution is 2.08. The Morgan fingerprint density at radius 3 is 2.77 bits per heavy atom. The molecule has 0 saturated carbocycles. The molecule has 0 aromatic carbocycles. The zero-order valence-electron chi connectivity index (χ0n) is 8.30. The summed E-state index contributed by atoms with van der Waals surface area (Å²) < 4.78 is 5.15. The minimum atomic E-state index is 0.791. The normalized spacial score (nSPS) is 17.8. The lowest BCUT2D eigenvalue weighted by Gasteiger charge is -2.25. The molecule has 1 saturated heterocycles. The van der Waals surface area contributed by atoms with E-state index in [-0.39, 0.29) is 0 Å². The third kappa shape index (κ3) is 4.76. The van der Waals surface area contributed by atoms with Crippen molar-refractivity contribution in [2.24, 2.45) is 0 Å². The molecule has 1 aliphatic rings. The van der Waals surface area contributed by atoms with E-state index in [9.17, 15) is 0 Å². The highest BCUT2D eigenvalue weighted by Gasteiger charge is 2.08. The van der Waals surface area contributed by atoms with E-state index in [0.29, 0.717) is 0 Å². The second kappa shape index (κ2) is 6.76. The van der Waals surface area contributed by atoms with Gasteiger partial charge in [-0.3, -0.25) is 0 Å². The van der Waals surface area contributed by atoms with Crippen molar-refractivity contribution in [3.8, 4) is 0 Å². The molecule has 0 aromatic rings. The van der Waals surface area contributed by atoms with Gasteiger partial charge in [0.2, 0.25) is 0 Å². The topological polar surface area (TPSA) is 12.5 Å². The smallest absolute Gasteiger partial charge is 0.124 e. The number of rotatable bonds is 5. The fourth-order valence-electron chi connectivity index (χ4n) is 1.67. The quantitative estimate of drug-likeness (QED) is 0.366. The van der Waals surface area contributed by atoms with Crippen LogP contribution in [0, 0.1) is 0 Å². The molecule has 0 bridgehead atoms. The van der Waals surface area contributed by atoms with Crippen molar-refractivity contribution in [1.29, 1.82) is 0 Å². The largest absolute Gasteiger partial charge is 0.493 e. The highest BCUT2D eigenvalue weighted by molar-refractivity contribution is 4.66. The van der Waals surface area contributed by atoms with Crippen LogP contribution in [0.5, 0.6) is 0 Å². The van der Waals surface area contributed by atoms with Crippen molar-refractivity contribution in [3.05, 3.63) is 18.6 Å². The molecule has 2 nitrogen and oxygen atoms in total. The summed E-state index contributed by atoms with van der Waals surface area (Å²) in [7, 11) is 0. The summed E-state index contributed by atoms with van der Waals surface area (Å²) in [5.74, 6) is 0.